The molecule has 11 heteroatoms. The summed E-state index contributed by atoms with van der Waals surface area (Å²) in [6, 6.07) is 18.2. The molecule has 1 aliphatic carbocycles. The van der Waals surface area contributed by atoms with Crippen LogP contribution in [0.3, 0.4) is 0 Å². The summed E-state index contributed by atoms with van der Waals surface area (Å²) in [5.74, 6) is -0.692. The van der Waals surface area contributed by atoms with Crippen LogP contribution in [0.2, 0.25) is 0 Å². The van der Waals surface area contributed by atoms with E-state index in [0.29, 0.717) is 40.7 Å². The molecule has 5 N–H and O–H groups in total. The quantitative estimate of drug-likeness (QED) is 0.228. The van der Waals surface area contributed by atoms with E-state index in [0.717, 1.165) is 32.5 Å². The van der Waals surface area contributed by atoms with Crippen molar-refractivity contribution in [2.75, 3.05) is 5.73 Å². The SMILES string of the molecule is Nc1nc2ccc(CNC(=O)c3cccn4c(C(=O)N[C@H]5c6ccccc6C[C@H]5O)c(-c5ccsc5)nc34)cc2s1. The van der Waals surface area contributed by atoms with Crippen molar-refractivity contribution < 1.29 is 14.7 Å². The van der Waals surface area contributed by atoms with E-state index in [2.05, 4.69) is 15.6 Å². The van der Waals surface area contributed by atoms with E-state index >= 15 is 0 Å². The lowest BCUT2D eigenvalue weighted by Crippen LogP contribution is -2.34. The summed E-state index contributed by atoms with van der Waals surface area (Å²) in [5.41, 5.74) is 11.7. The van der Waals surface area contributed by atoms with Gasteiger partial charge in [-0.25, -0.2) is 9.97 Å². The van der Waals surface area contributed by atoms with Crippen molar-refractivity contribution in [2.24, 2.45) is 0 Å². The highest BCUT2D eigenvalue weighted by molar-refractivity contribution is 7.22. The van der Waals surface area contributed by atoms with E-state index in [-0.39, 0.29) is 11.8 Å². The van der Waals surface area contributed by atoms with Gasteiger partial charge in [0.25, 0.3) is 11.8 Å². The first-order valence-corrected chi connectivity index (χ1v) is 14.8. The van der Waals surface area contributed by atoms with Crippen LogP contribution in [0.25, 0.3) is 27.1 Å². The van der Waals surface area contributed by atoms with Crippen LogP contribution >= 0.6 is 22.7 Å². The Hall–Kier alpha value is -4.58. The summed E-state index contributed by atoms with van der Waals surface area (Å²) in [4.78, 5) is 36.3. The highest BCUT2D eigenvalue weighted by Gasteiger charge is 2.34. The second kappa shape index (κ2) is 10.1. The number of nitrogens with zero attached hydrogens (tertiary/aromatic N) is 3. The number of thiophene rings is 1. The maximum absolute atomic E-state index is 13.9. The normalized spacial score (nSPS) is 16.2. The molecule has 41 heavy (non-hydrogen) atoms. The highest BCUT2D eigenvalue weighted by atomic mass is 32.1. The summed E-state index contributed by atoms with van der Waals surface area (Å²) in [5, 5.41) is 21.1. The number of aliphatic hydroxyl groups is 1. The van der Waals surface area contributed by atoms with Crippen LogP contribution in [0.1, 0.15) is 43.6 Å². The van der Waals surface area contributed by atoms with Crippen molar-refractivity contribution >= 4 is 55.5 Å². The number of nitrogens with one attached hydrogen (secondary N) is 2. The van der Waals surface area contributed by atoms with Crippen molar-refractivity contribution in [3.63, 3.8) is 0 Å². The number of pyridine rings is 1. The number of rotatable bonds is 6. The lowest BCUT2D eigenvalue weighted by atomic mass is 10.1. The van der Waals surface area contributed by atoms with Crippen molar-refractivity contribution in [3.8, 4) is 11.3 Å². The Bertz CT molecular complexity index is 1940. The molecule has 0 saturated heterocycles. The molecule has 9 nitrogen and oxygen atoms in total. The second-order valence-corrected chi connectivity index (χ2v) is 11.7. The fraction of sp³-hybridized carbons (Fsp3) is 0.133. The fourth-order valence-electron chi connectivity index (χ4n) is 5.39. The van der Waals surface area contributed by atoms with Gasteiger partial charge in [-0.1, -0.05) is 41.7 Å². The van der Waals surface area contributed by atoms with Gasteiger partial charge in [-0.05, 0) is 52.4 Å². The molecule has 0 aliphatic heterocycles. The lowest BCUT2D eigenvalue weighted by Gasteiger charge is -2.18. The second-order valence-electron chi connectivity index (χ2n) is 9.89. The number of hydrogen-bond acceptors (Lipinski definition) is 8. The van der Waals surface area contributed by atoms with Crippen LogP contribution in [-0.2, 0) is 13.0 Å². The Morgan fingerprint density at radius 3 is 2.80 bits per heavy atom. The summed E-state index contributed by atoms with van der Waals surface area (Å²) in [6.07, 6.45) is 1.46. The van der Waals surface area contributed by atoms with E-state index in [4.69, 9.17) is 10.7 Å². The van der Waals surface area contributed by atoms with E-state index < -0.39 is 12.1 Å². The lowest BCUT2D eigenvalue weighted by molar-refractivity contribution is 0.0852. The Morgan fingerprint density at radius 1 is 1.07 bits per heavy atom. The summed E-state index contributed by atoms with van der Waals surface area (Å²) >= 11 is 2.90. The van der Waals surface area contributed by atoms with Gasteiger partial charge in [0.2, 0.25) is 0 Å². The maximum atomic E-state index is 13.9. The van der Waals surface area contributed by atoms with Crippen LogP contribution in [0.15, 0.2) is 77.6 Å². The predicted molar refractivity (Wildman–Crippen MR) is 160 cm³/mol. The van der Waals surface area contributed by atoms with Crippen molar-refractivity contribution in [3.05, 3.63) is 106 Å². The summed E-state index contributed by atoms with van der Waals surface area (Å²) < 4.78 is 2.60. The van der Waals surface area contributed by atoms with Crippen LogP contribution in [0, 0.1) is 0 Å². The number of nitrogens with two attached hydrogens (primary N) is 1. The number of thiazole rings is 1. The van der Waals surface area contributed by atoms with Crippen molar-refractivity contribution in [1.29, 1.82) is 0 Å². The Kier molecular flexibility index (Phi) is 6.26. The number of aliphatic hydroxyl groups excluding tert-OH is 1. The summed E-state index contributed by atoms with van der Waals surface area (Å²) in [6.45, 7) is 0.304. The predicted octanol–water partition coefficient (Wildman–Crippen LogP) is 4.57. The smallest absolute Gasteiger partial charge is 0.271 e. The van der Waals surface area contributed by atoms with Crippen molar-refractivity contribution in [1.82, 2.24) is 25.0 Å². The number of benzene rings is 2. The number of hydrogen-bond donors (Lipinski definition) is 4. The number of imidazole rings is 1. The molecule has 0 spiro atoms. The highest BCUT2D eigenvalue weighted by Crippen LogP contribution is 2.33. The number of carbonyl (C=O) groups is 2. The Balaban J connectivity index is 1.22. The van der Waals surface area contributed by atoms with Crippen LogP contribution in [0.5, 0.6) is 0 Å². The van der Waals surface area contributed by atoms with Gasteiger partial charge in [0, 0.05) is 30.1 Å². The molecular formula is C30H24N6O3S2. The number of carbonyl (C=O) groups excluding carboxylic acids is 2. The van der Waals surface area contributed by atoms with Gasteiger partial charge >= 0.3 is 0 Å². The molecule has 0 radical (unpaired) electrons. The molecule has 2 atom stereocenters. The summed E-state index contributed by atoms with van der Waals surface area (Å²) in [7, 11) is 0. The van der Waals surface area contributed by atoms with Gasteiger partial charge in [0.15, 0.2) is 10.8 Å². The van der Waals surface area contributed by atoms with Crippen LogP contribution in [0.4, 0.5) is 5.13 Å². The fourth-order valence-corrected chi connectivity index (χ4v) is 6.83. The molecule has 2 aromatic carbocycles. The van der Waals surface area contributed by atoms with Gasteiger partial charge in [-0.2, -0.15) is 11.3 Å². The minimum Gasteiger partial charge on any atom is -0.390 e. The van der Waals surface area contributed by atoms with E-state index in [1.54, 1.807) is 22.7 Å². The maximum Gasteiger partial charge on any atom is 0.271 e. The topological polar surface area (TPSA) is 135 Å². The van der Waals surface area contributed by atoms with Gasteiger partial charge in [0.05, 0.1) is 27.9 Å². The first kappa shape index (κ1) is 25.4. The standard InChI is InChI=1S/C30H24N6O3S2/c31-30-33-21-8-7-16(12-23(21)41-30)14-32-28(38)20-6-3-10-36-26(24(34-27(20)36)18-9-11-40-15-18)29(39)35-25-19-5-2-1-4-17(19)13-22(25)37/h1-12,15,22,25,37H,13-14H2,(H2,31,33)(H,32,38)(H,35,39)/t22-,25+/m1/s1. The molecule has 7 rings (SSSR count). The largest absolute Gasteiger partial charge is 0.390 e. The van der Waals surface area contributed by atoms with Gasteiger partial charge in [-0.15, -0.1) is 0 Å². The molecular weight excluding hydrogens is 557 g/mol. The molecule has 0 unspecified atom stereocenters. The average molecular weight is 581 g/mol. The van der Waals surface area contributed by atoms with Gasteiger partial charge in [0.1, 0.15) is 11.4 Å². The first-order valence-electron chi connectivity index (χ1n) is 13.0. The minimum absolute atomic E-state index is 0.304. The molecule has 6 aromatic rings. The first-order chi connectivity index (χ1) is 20.0. The third-order valence-electron chi connectivity index (χ3n) is 7.32. The Labute approximate surface area is 242 Å². The number of aromatic nitrogens is 3. The van der Waals surface area contributed by atoms with E-state index in [1.807, 2.05) is 59.3 Å². The number of fused-ring (bicyclic) bond motifs is 3. The average Bonchev–Trinajstić information content (AvgIpc) is 3.76. The monoisotopic (exact) mass is 580 g/mol. The van der Waals surface area contributed by atoms with Crippen LogP contribution in [-0.4, -0.2) is 37.4 Å². The zero-order chi connectivity index (χ0) is 28.1. The molecule has 0 bridgehead atoms. The number of amides is 2. The van der Waals surface area contributed by atoms with Gasteiger partial charge < -0.3 is 21.5 Å². The van der Waals surface area contributed by atoms with Crippen molar-refractivity contribution in [2.45, 2.75) is 25.1 Å². The third-order valence-corrected chi connectivity index (χ3v) is 8.85. The third kappa shape index (κ3) is 4.53. The molecule has 0 saturated carbocycles. The molecule has 4 heterocycles. The zero-order valence-electron chi connectivity index (χ0n) is 21.6. The molecule has 1 aliphatic rings. The zero-order valence-corrected chi connectivity index (χ0v) is 23.2. The van der Waals surface area contributed by atoms with E-state index in [1.165, 1.54) is 22.7 Å². The van der Waals surface area contributed by atoms with Gasteiger partial charge in [-0.3, -0.25) is 14.0 Å². The Morgan fingerprint density at radius 2 is 1.95 bits per heavy atom. The van der Waals surface area contributed by atoms with Crippen LogP contribution < -0.4 is 16.4 Å². The molecule has 4 aromatic heterocycles. The number of anilines is 1. The molecule has 2 amide bonds. The minimum atomic E-state index is -0.734. The number of nitrogen functional groups attached to an aromatic ring is 1. The molecule has 204 valence electrons. The van der Waals surface area contributed by atoms with E-state index in [9.17, 15) is 14.7 Å². The molecule has 0 fully saturated rings.